The molecule has 0 radical (unpaired) electrons. The van der Waals surface area contributed by atoms with Gasteiger partial charge in [-0.2, -0.15) is 8.78 Å². The highest BCUT2D eigenvalue weighted by atomic mass is 32.2. The van der Waals surface area contributed by atoms with Crippen molar-refractivity contribution in [3.8, 4) is 5.75 Å². The second-order valence-corrected chi connectivity index (χ2v) is 7.40. The molecule has 2 rings (SSSR count). The topological polar surface area (TPSA) is 55.4 Å². The molecule has 4 nitrogen and oxygen atoms in total. The van der Waals surface area contributed by atoms with E-state index in [0.29, 0.717) is 4.88 Å². The summed E-state index contributed by atoms with van der Waals surface area (Å²) in [6.45, 7) is 0.642. The van der Waals surface area contributed by atoms with Crippen molar-refractivity contribution in [1.82, 2.24) is 0 Å². The van der Waals surface area contributed by atoms with Crippen molar-refractivity contribution in [3.63, 3.8) is 0 Å². The second-order valence-electron chi connectivity index (χ2n) is 4.29. The van der Waals surface area contributed by atoms with Gasteiger partial charge in [0.1, 0.15) is 10.6 Å². The van der Waals surface area contributed by atoms with Crippen LogP contribution in [-0.2, 0) is 10.0 Å². The largest absolute Gasteiger partial charge is 0.435 e. The van der Waals surface area contributed by atoms with Gasteiger partial charge in [-0.15, -0.1) is 11.3 Å². The lowest BCUT2D eigenvalue weighted by atomic mass is 10.3. The lowest BCUT2D eigenvalue weighted by Gasteiger charge is -2.09. The normalized spacial score (nSPS) is 11.7. The van der Waals surface area contributed by atoms with Crippen molar-refractivity contribution in [1.29, 1.82) is 0 Å². The van der Waals surface area contributed by atoms with Gasteiger partial charge in [0.05, 0.1) is 0 Å². The van der Waals surface area contributed by atoms with Crippen LogP contribution in [0.15, 0.2) is 35.2 Å². The fraction of sp³-hybridized carbons (Fsp3) is 0.231. The van der Waals surface area contributed by atoms with E-state index in [2.05, 4.69) is 9.46 Å². The number of hydrogen-bond acceptors (Lipinski definition) is 4. The monoisotopic (exact) mass is 333 g/mol. The van der Waals surface area contributed by atoms with E-state index in [1.165, 1.54) is 35.6 Å². The van der Waals surface area contributed by atoms with Gasteiger partial charge in [-0.05, 0) is 44.2 Å². The van der Waals surface area contributed by atoms with Crippen LogP contribution in [0.3, 0.4) is 0 Å². The first-order valence-electron chi connectivity index (χ1n) is 5.92. The first-order chi connectivity index (χ1) is 9.78. The molecule has 0 saturated carbocycles. The van der Waals surface area contributed by atoms with E-state index in [1.54, 1.807) is 13.0 Å². The molecule has 0 aliphatic rings. The van der Waals surface area contributed by atoms with Gasteiger partial charge in [-0.25, -0.2) is 8.42 Å². The number of ether oxygens (including phenoxy) is 1. The van der Waals surface area contributed by atoms with Crippen molar-refractivity contribution in [3.05, 3.63) is 40.1 Å². The predicted octanol–water partition coefficient (Wildman–Crippen LogP) is 3.77. The van der Waals surface area contributed by atoms with E-state index in [0.717, 1.165) is 4.88 Å². The second kappa shape index (κ2) is 5.98. The molecule has 1 aromatic heterocycles. The lowest BCUT2D eigenvalue weighted by Crippen LogP contribution is -2.13. The summed E-state index contributed by atoms with van der Waals surface area (Å²) in [5.41, 5.74) is 0.278. The zero-order chi connectivity index (χ0) is 15.6. The SMILES string of the molecule is Cc1cc(S(=O)(=O)Nc2ccc(OC(F)F)cc2)c(C)s1. The van der Waals surface area contributed by atoms with Gasteiger partial charge in [-0.1, -0.05) is 0 Å². The molecule has 0 amide bonds. The van der Waals surface area contributed by atoms with Crippen LogP contribution in [0, 0.1) is 13.8 Å². The first-order valence-corrected chi connectivity index (χ1v) is 8.22. The third-order valence-electron chi connectivity index (χ3n) is 2.62. The molecule has 0 fully saturated rings. The van der Waals surface area contributed by atoms with E-state index in [4.69, 9.17) is 0 Å². The number of alkyl halides is 2. The molecular weight excluding hydrogens is 320 g/mol. The molecule has 8 heteroatoms. The predicted molar refractivity (Wildman–Crippen MR) is 77.7 cm³/mol. The molecule has 0 aliphatic heterocycles. The molecule has 1 N–H and O–H groups in total. The van der Waals surface area contributed by atoms with Crippen LogP contribution in [0.25, 0.3) is 0 Å². The zero-order valence-corrected chi connectivity index (χ0v) is 12.9. The molecule has 114 valence electrons. The van der Waals surface area contributed by atoms with Crippen LogP contribution >= 0.6 is 11.3 Å². The minimum atomic E-state index is -3.69. The average Bonchev–Trinajstić information content (AvgIpc) is 2.71. The standard InChI is InChI=1S/C13H13F2NO3S2/c1-8-7-12(9(2)20-8)21(17,18)16-10-3-5-11(6-4-10)19-13(14)15/h3-7,13,16H,1-2H3. The van der Waals surface area contributed by atoms with E-state index in [1.807, 2.05) is 6.92 Å². The molecular formula is C13H13F2NO3S2. The molecule has 0 atom stereocenters. The van der Waals surface area contributed by atoms with Crippen LogP contribution in [-0.4, -0.2) is 15.0 Å². The molecule has 0 spiro atoms. The lowest BCUT2D eigenvalue weighted by molar-refractivity contribution is -0.0498. The van der Waals surface area contributed by atoms with Gasteiger partial charge in [0.2, 0.25) is 0 Å². The minimum Gasteiger partial charge on any atom is -0.435 e. The summed E-state index contributed by atoms with van der Waals surface area (Å²) >= 11 is 1.39. The van der Waals surface area contributed by atoms with E-state index in [9.17, 15) is 17.2 Å². The van der Waals surface area contributed by atoms with Crippen LogP contribution < -0.4 is 9.46 Å². The van der Waals surface area contributed by atoms with E-state index in [-0.39, 0.29) is 16.3 Å². The summed E-state index contributed by atoms with van der Waals surface area (Å²) in [6.07, 6.45) is 0. The van der Waals surface area contributed by atoms with Crippen molar-refractivity contribution in [2.75, 3.05) is 4.72 Å². The molecule has 0 aliphatic carbocycles. The maximum Gasteiger partial charge on any atom is 0.387 e. The molecule has 0 unspecified atom stereocenters. The highest BCUT2D eigenvalue weighted by Crippen LogP contribution is 2.27. The van der Waals surface area contributed by atoms with Crippen molar-refractivity contribution >= 4 is 27.0 Å². The molecule has 1 heterocycles. The van der Waals surface area contributed by atoms with E-state index < -0.39 is 16.6 Å². The number of hydrogen-bond donors (Lipinski definition) is 1. The van der Waals surface area contributed by atoms with Gasteiger partial charge in [0, 0.05) is 15.4 Å². The summed E-state index contributed by atoms with van der Waals surface area (Å²) in [7, 11) is -3.69. The third kappa shape index (κ3) is 3.92. The Bertz CT molecular complexity index is 724. The number of anilines is 1. The molecule has 21 heavy (non-hydrogen) atoms. The summed E-state index contributed by atoms with van der Waals surface area (Å²) < 4.78 is 55.1. The van der Waals surface area contributed by atoms with Crippen molar-refractivity contribution in [2.24, 2.45) is 0 Å². The van der Waals surface area contributed by atoms with Gasteiger partial charge in [0.15, 0.2) is 0 Å². The smallest absolute Gasteiger partial charge is 0.387 e. The van der Waals surface area contributed by atoms with Gasteiger partial charge in [-0.3, -0.25) is 4.72 Å². The number of halogens is 2. The van der Waals surface area contributed by atoms with Gasteiger partial charge < -0.3 is 4.74 Å². The third-order valence-corrected chi connectivity index (χ3v) is 5.22. The van der Waals surface area contributed by atoms with Gasteiger partial charge in [0.25, 0.3) is 10.0 Å². The summed E-state index contributed by atoms with van der Waals surface area (Å²) in [6, 6.07) is 6.87. The van der Waals surface area contributed by atoms with Crippen molar-refractivity contribution in [2.45, 2.75) is 25.4 Å². The van der Waals surface area contributed by atoms with Gasteiger partial charge >= 0.3 is 6.61 Å². The molecule has 1 aromatic carbocycles. The summed E-state index contributed by atoms with van der Waals surface area (Å²) in [5.74, 6) is -0.0319. The highest BCUT2D eigenvalue weighted by Gasteiger charge is 2.19. The fourth-order valence-electron chi connectivity index (χ4n) is 1.79. The Hall–Kier alpha value is -1.67. The molecule has 2 aromatic rings. The van der Waals surface area contributed by atoms with Crippen LogP contribution in [0.5, 0.6) is 5.75 Å². The average molecular weight is 333 g/mol. The Balaban J connectivity index is 2.19. The Morgan fingerprint density at radius 3 is 2.29 bits per heavy atom. The fourth-order valence-corrected chi connectivity index (χ4v) is 4.40. The quantitative estimate of drug-likeness (QED) is 0.906. The number of benzene rings is 1. The van der Waals surface area contributed by atoms with Crippen LogP contribution in [0.4, 0.5) is 14.5 Å². The minimum absolute atomic E-state index is 0.0319. The van der Waals surface area contributed by atoms with Crippen LogP contribution in [0.2, 0.25) is 0 Å². The number of thiophene rings is 1. The Morgan fingerprint density at radius 1 is 1.19 bits per heavy atom. The van der Waals surface area contributed by atoms with Crippen LogP contribution in [0.1, 0.15) is 9.75 Å². The Kier molecular flexibility index (Phi) is 4.48. The Labute approximate surface area is 125 Å². The number of sulfonamides is 1. The number of aryl methyl sites for hydroxylation is 2. The van der Waals surface area contributed by atoms with E-state index >= 15 is 0 Å². The maximum absolute atomic E-state index is 12.2. The first kappa shape index (κ1) is 15.7. The molecule has 0 bridgehead atoms. The maximum atomic E-state index is 12.2. The summed E-state index contributed by atoms with van der Waals surface area (Å²) in [4.78, 5) is 1.81. The number of nitrogens with one attached hydrogen (secondary N) is 1. The Morgan fingerprint density at radius 2 is 1.81 bits per heavy atom. The zero-order valence-electron chi connectivity index (χ0n) is 11.3. The summed E-state index contributed by atoms with van der Waals surface area (Å²) in [5, 5.41) is 0. The highest BCUT2D eigenvalue weighted by molar-refractivity contribution is 7.93. The number of rotatable bonds is 5. The molecule has 0 saturated heterocycles. The van der Waals surface area contributed by atoms with Crippen molar-refractivity contribution < 1.29 is 21.9 Å².